The lowest BCUT2D eigenvalue weighted by Crippen LogP contribution is -2.03. The minimum atomic E-state index is -0.744. The van der Waals surface area contributed by atoms with E-state index in [1.54, 1.807) is 23.0 Å². The summed E-state index contributed by atoms with van der Waals surface area (Å²) >= 11 is 0. The van der Waals surface area contributed by atoms with E-state index in [-0.39, 0.29) is 5.69 Å². The zero-order chi connectivity index (χ0) is 16.1. The number of ether oxygens (including phenoxy) is 1. The molecule has 7 nitrogen and oxygen atoms in total. The number of nitrogens with zero attached hydrogens (tertiary/aromatic N) is 3. The van der Waals surface area contributed by atoms with Crippen LogP contribution in [0.4, 0.5) is 0 Å². The van der Waals surface area contributed by atoms with Crippen molar-refractivity contribution in [2.45, 2.75) is 18.9 Å². The van der Waals surface area contributed by atoms with Crippen LogP contribution in [-0.2, 0) is 11.2 Å². The number of methoxy groups -OCH3 is 1. The number of hydrogen-bond donors (Lipinski definition) is 2. The average molecular weight is 302 g/mol. The molecule has 22 heavy (non-hydrogen) atoms. The number of aromatic amines is 1. The topological polar surface area (TPSA) is 93.0 Å². The predicted molar refractivity (Wildman–Crippen MR) is 81.9 cm³/mol. The van der Waals surface area contributed by atoms with Gasteiger partial charge in [-0.15, -0.1) is 0 Å². The van der Waals surface area contributed by atoms with Crippen LogP contribution in [0.3, 0.4) is 0 Å². The van der Waals surface area contributed by atoms with Gasteiger partial charge in [0.15, 0.2) is 0 Å². The first-order valence-corrected chi connectivity index (χ1v) is 6.73. The third-order valence-electron chi connectivity index (χ3n) is 3.19. The van der Waals surface area contributed by atoms with Gasteiger partial charge in [0, 0.05) is 18.8 Å². The van der Waals surface area contributed by atoms with E-state index < -0.39 is 12.1 Å². The van der Waals surface area contributed by atoms with Crippen molar-refractivity contribution in [1.29, 1.82) is 0 Å². The van der Waals surface area contributed by atoms with Gasteiger partial charge in [-0.3, -0.25) is 0 Å². The number of aromatic nitrogens is 4. The monoisotopic (exact) mass is 302 g/mol. The normalized spacial score (nSPS) is 11.9. The molecule has 0 amide bonds. The molecule has 2 aromatic rings. The Labute approximate surface area is 128 Å². The van der Waals surface area contributed by atoms with Crippen LogP contribution in [0, 0.1) is 0 Å². The lowest BCUT2D eigenvalue weighted by Gasteiger charge is -2.05. The summed E-state index contributed by atoms with van der Waals surface area (Å²) < 4.78 is 6.28. The Morgan fingerprint density at radius 1 is 1.59 bits per heavy atom. The highest BCUT2D eigenvalue weighted by molar-refractivity contribution is 5.86. The fraction of sp³-hybridized carbons (Fsp3) is 0.267. The van der Waals surface area contributed by atoms with Gasteiger partial charge in [0.1, 0.15) is 17.3 Å². The highest BCUT2D eigenvalue weighted by Gasteiger charge is 2.15. The minimum absolute atomic E-state index is 0.289. The number of nitrogens with one attached hydrogen (secondary N) is 1. The van der Waals surface area contributed by atoms with Gasteiger partial charge < -0.3 is 19.4 Å². The Morgan fingerprint density at radius 3 is 2.95 bits per heavy atom. The number of aliphatic hydroxyl groups excluding tert-OH is 1. The van der Waals surface area contributed by atoms with Gasteiger partial charge in [-0.1, -0.05) is 13.2 Å². The third-order valence-corrected chi connectivity index (χ3v) is 3.19. The van der Waals surface area contributed by atoms with E-state index in [0.717, 1.165) is 0 Å². The van der Waals surface area contributed by atoms with Crippen LogP contribution in [0.25, 0.3) is 12.3 Å². The van der Waals surface area contributed by atoms with E-state index in [2.05, 4.69) is 32.8 Å². The Morgan fingerprint density at radius 2 is 2.36 bits per heavy atom. The smallest absolute Gasteiger partial charge is 0.356 e. The first-order chi connectivity index (χ1) is 10.6. The molecule has 0 aliphatic carbocycles. The van der Waals surface area contributed by atoms with Gasteiger partial charge in [-0.05, 0) is 12.5 Å². The molecule has 2 N–H and O–H groups in total. The molecular weight excluding hydrogens is 284 g/mol. The molecule has 0 bridgehead atoms. The van der Waals surface area contributed by atoms with E-state index in [0.29, 0.717) is 30.2 Å². The Kier molecular flexibility index (Phi) is 4.90. The van der Waals surface area contributed by atoms with Crippen molar-refractivity contribution in [3.8, 4) is 0 Å². The van der Waals surface area contributed by atoms with Gasteiger partial charge in [0.05, 0.1) is 25.1 Å². The van der Waals surface area contributed by atoms with E-state index in [4.69, 9.17) is 0 Å². The summed E-state index contributed by atoms with van der Waals surface area (Å²) in [5.41, 5.74) is 0.825. The molecule has 2 heterocycles. The molecule has 0 fully saturated rings. The van der Waals surface area contributed by atoms with E-state index >= 15 is 0 Å². The molecular formula is C15H18N4O3. The Hall–Kier alpha value is -2.67. The second-order valence-corrected chi connectivity index (χ2v) is 4.61. The van der Waals surface area contributed by atoms with E-state index in [1.165, 1.54) is 13.3 Å². The Bertz CT molecular complexity index is 661. The van der Waals surface area contributed by atoms with Crippen molar-refractivity contribution in [1.82, 2.24) is 19.5 Å². The number of imidazole rings is 2. The molecule has 2 aromatic heterocycles. The maximum Gasteiger partial charge on any atom is 0.356 e. The highest BCUT2D eigenvalue weighted by atomic mass is 16.5. The average Bonchev–Trinajstić information content (AvgIpc) is 3.18. The summed E-state index contributed by atoms with van der Waals surface area (Å²) in [5.74, 6) is 0.751. The molecule has 0 radical (unpaired) electrons. The van der Waals surface area contributed by atoms with Crippen molar-refractivity contribution < 1.29 is 14.6 Å². The van der Waals surface area contributed by atoms with Crippen molar-refractivity contribution >= 4 is 18.2 Å². The lowest BCUT2D eigenvalue weighted by molar-refractivity contribution is 0.0594. The van der Waals surface area contributed by atoms with Crippen LogP contribution in [0.1, 0.15) is 40.4 Å². The fourth-order valence-corrected chi connectivity index (χ4v) is 2.01. The molecule has 2 rings (SSSR count). The molecule has 0 aromatic carbocycles. The number of aliphatic hydroxyl groups is 1. The second kappa shape index (κ2) is 6.86. The zero-order valence-corrected chi connectivity index (χ0v) is 12.3. The number of H-pyrrole nitrogens is 1. The van der Waals surface area contributed by atoms with Crippen LogP contribution < -0.4 is 0 Å². The fourth-order valence-electron chi connectivity index (χ4n) is 2.01. The summed E-state index contributed by atoms with van der Waals surface area (Å²) in [5, 5.41) is 10.2. The number of carbonyl (C=O) groups excluding carboxylic acids is 1. The van der Waals surface area contributed by atoms with Crippen LogP contribution in [0.5, 0.6) is 0 Å². The van der Waals surface area contributed by atoms with Gasteiger partial charge in [0.2, 0.25) is 0 Å². The Balaban J connectivity index is 2.00. The molecule has 0 aliphatic rings. The van der Waals surface area contributed by atoms with Crippen molar-refractivity contribution in [3.05, 3.63) is 48.6 Å². The number of esters is 1. The quantitative estimate of drug-likeness (QED) is 0.761. The van der Waals surface area contributed by atoms with Gasteiger partial charge in [0.25, 0.3) is 0 Å². The van der Waals surface area contributed by atoms with Crippen LogP contribution >= 0.6 is 0 Å². The first kappa shape index (κ1) is 15.7. The number of aryl methyl sites for hydroxylation is 1. The molecule has 0 spiro atoms. The highest BCUT2D eigenvalue weighted by Crippen LogP contribution is 2.19. The van der Waals surface area contributed by atoms with E-state index in [1.807, 2.05) is 0 Å². The molecule has 1 unspecified atom stereocenters. The number of carbonyl (C=O) groups is 1. The third kappa shape index (κ3) is 3.32. The molecule has 0 saturated carbocycles. The largest absolute Gasteiger partial charge is 0.464 e. The maximum absolute atomic E-state index is 11.3. The standard InChI is InChI=1S/C15H18N4O3/c1-4-14-18-11(9-19(14)5-2)12(20)6-7-13-16-8-10(17-13)15(21)22-3/h4-5,8-9,12,20H,1-2,6-7H2,3H3,(H,16,17). The minimum Gasteiger partial charge on any atom is -0.464 e. The van der Waals surface area contributed by atoms with Crippen LogP contribution in [0.2, 0.25) is 0 Å². The molecule has 1 atom stereocenters. The summed E-state index contributed by atoms with van der Waals surface area (Å²) in [4.78, 5) is 22.5. The summed E-state index contributed by atoms with van der Waals surface area (Å²) in [6, 6.07) is 0. The summed E-state index contributed by atoms with van der Waals surface area (Å²) in [6.07, 6.45) is 6.45. The van der Waals surface area contributed by atoms with Crippen LogP contribution in [-0.4, -0.2) is 37.7 Å². The number of rotatable bonds is 7. The summed E-state index contributed by atoms with van der Waals surface area (Å²) in [6.45, 7) is 7.33. The molecule has 7 heteroatoms. The van der Waals surface area contributed by atoms with Crippen molar-refractivity contribution in [3.63, 3.8) is 0 Å². The van der Waals surface area contributed by atoms with Gasteiger partial charge in [-0.25, -0.2) is 14.8 Å². The SMILES string of the molecule is C=Cc1nc(C(O)CCc2ncc(C(=O)OC)[nH]2)cn1C=C. The van der Waals surface area contributed by atoms with Crippen LogP contribution in [0.15, 0.2) is 25.6 Å². The number of hydrogen-bond acceptors (Lipinski definition) is 5. The predicted octanol–water partition coefficient (Wildman–Crippen LogP) is 1.80. The molecule has 0 saturated heterocycles. The van der Waals surface area contributed by atoms with E-state index in [9.17, 15) is 9.90 Å². The van der Waals surface area contributed by atoms with Crippen molar-refractivity contribution in [2.75, 3.05) is 7.11 Å². The second-order valence-electron chi connectivity index (χ2n) is 4.61. The lowest BCUT2D eigenvalue weighted by atomic mass is 10.1. The molecule has 0 aliphatic heterocycles. The first-order valence-electron chi connectivity index (χ1n) is 6.73. The van der Waals surface area contributed by atoms with Crippen molar-refractivity contribution in [2.24, 2.45) is 0 Å². The summed E-state index contributed by atoms with van der Waals surface area (Å²) in [7, 11) is 1.31. The van der Waals surface area contributed by atoms with Gasteiger partial charge >= 0.3 is 5.97 Å². The maximum atomic E-state index is 11.3. The molecule has 116 valence electrons. The zero-order valence-electron chi connectivity index (χ0n) is 12.3. The van der Waals surface area contributed by atoms with Gasteiger partial charge in [-0.2, -0.15) is 0 Å².